The van der Waals surface area contributed by atoms with Gasteiger partial charge in [-0.1, -0.05) is 0 Å². The fraction of sp³-hybridized carbons (Fsp3) is 0.400. The van der Waals surface area contributed by atoms with Crippen LogP contribution in [-0.2, 0) is 0 Å². The second-order valence-electron chi connectivity index (χ2n) is 3.18. The van der Waals surface area contributed by atoms with Crippen molar-refractivity contribution >= 4 is 0 Å². The minimum Gasteiger partial charge on any atom is -0.504 e. The molecule has 0 aliphatic rings. The lowest BCUT2D eigenvalue weighted by atomic mass is 10.1. The third kappa shape index (κ3) is 2.51. The maximum absolute atomic E-state index is 9.63. The molecule has 1 aromatic carbocycles. The Morgan fingerprint density at radius 1 is 1.40 bits per heavy atom. The van der Waals surface area contributed by atoms with E-state index in [2.05, 4.69) is 0 Å². The number of rotatable bonds is 4. The predicted molar refractivity (Wildman–Crippen MR) is 55.0 cm³/mol. The zero-order valence-corrected chi connectivity index (χ0v) is 8.47. The van der Waals surface area contributed by atoms with Crippen LogP contribution in [0.5, 0.6) is 17.2 Å². The van der Waals surface area contributed by atoms with Crippen LogP contribution in [0.4, 0.5) is 0 Å². The lowest BCUT2D eigenvalue weighted by Crippen LogP contribution is -2.06. The van der Waals surface area contributed by atoms with Crippen molar-refractivity contribution in [3.63, 3.8) is 0 Å². The number of hydrogen-bond donors (Lipinski definition) is 4. The first-order chi connectivity index (χ1) is 7.10. The second kappa shape index (κ2) is 4.86. The van der Waals surface area contributed by atoms with E-state index in [-0.39, 0.29) is 17.2 Å². The van der Waals surface area contributed by atoms with Gasteiger partial charge in [-0.25, -0.2) is 0 Å². The normalized spacial score (nSPS) is 12.5. The maximum Gasteiger partial charge on any atom is 0.200 e. The summed E-state index contributed by atoms with van der Waals surface area (Å²) in [6.07, 6.45) is -0.386. The highest BCUT2D eigenvalue weighted by molar-refractivity contribution is 5.52. The fourth-order valence-corrected chi connectivity index (χ4v) is 1.29. The van der Waals surface area contributed by atoms with E-state index >= 15 is 0 Å². The minimum atomic E-state index is -0.768. The first-order valence-corrected chi connectivity index (χ1v) is 4.58. The Labute approximate surface area is 87.7 Å². The molecule has 0 saturated heterocycles. The van der Waals surface area contributed by atoms with Gasteiger partial charge in [0.25, 0.3) is 0 Å². The molecule has 0 aromatic heterocycles. The standard InChI is InChI=1S/C10H15NO4/c1-15-9-5-6(7(12)2-3-11)4-8(13)10(9)14/h4-5,7,12-14H,2-3,11H2,1H3. The first kappa shape index (κ1) is 11.6. The van der Waals surface area contributed by atoms with Gasteiger partial charge in [-0.2, -0.15) is 0 Å². The number of phenolic OH excluding ortho intramolecular Hbond substituents is 2. The highest BCUT2D eigenvalue weighted by Gasteiger charge is 2.14. The Kier molecular flexibility index (Phi) is 3.76. The summed E-state index contributed by atoms with van der Waals surface area (Å²) in [7, 11) is 1.37. The minimum absolute atomic E-state index is 0.126. The van der Waals surface area contributed by atoms with Crippen LogP contribution in [0.2, 0.25) is 0 Å². The number of benzene rings is 1. The molecule has 5 N–H and O–H groups in total. The Hall–Kier alpha value is -1.46. The molecule has 84 valence electrons. The van der Waals surface area contributed by atoms with Crippen molar-refractivity contribution in [1.82, 2.24) is 0 Å². The second-order valence-corrected chi connectivity index (χ2v) is 3.18. The van der Waals surface area contributed by atoms with Crippen LogP contribution in [-0.4, -0.2) is 29.0 Å². The number of nitrogens with two attached hydrogens (primary N) is 1. The summed E-state index contributed by atoms with van der Waals surface area (Å²) in [4.78, 5) is 0. The van der Waals surface area contributed by atoms with Crippen molar-refractivity contribution in [3.05, 3.63) is 17.7 Å². The van der Waals surface area contributed by atoms with Gasteiger partial charge in [-0.15, -0.1) is 0 Å². The van der Waals surface area contributed by atoms with Crippen molar-refractivity contribution in [2.24, 2.45) is 5.73 Å². The summed E-state index contributed by atoms with van der Waals surface area (Å²) >= 11 is 0. The Morgan fingerprint density at radius 3 is 2.60 bits per heavy atom. The van der Waals surface area contributed by atoms with Gasteiger partial charge in [0.2, 0.25) is 5.75 Å². The quantitative estimate of drug-likeness (QED) is 0.546. The maximum atomic E-state index is 9.63. The van der Waals surface area contributed by atoms with Crippen LogP contribution in [0.1, 0.15) is 18.1 Å². The van der Waals surface area contributed by atoms with Crippen LogP contribution in [0, 0.1) is 0 Å². The van der Waals surface area contributed by atoms with E-state index in [4.69, 9.17) is 10.5 Å². The van der Waals surface area contributed by atoms with E-state index in [1.165, 1.54) is 19.2 Å². The van der Waals surface area contributed by atoms with Crippen LogP contribution in [0.15, 0.2) is 12.1 Å². The molecule has 0 aliphatic heterocycles. The number of methoxy groups -OCH3 is 1. The molecule has 1 atom stereocenters. The molecule has 15 heavy (non-hydrogen) atoms. The topological polar surface area (TPSA) is 95.9 Å². The summed E-state index contributed by atoms with van der Waals surface area (Å²) in [5.74, 6) is -0.525. The van der Waals surface area contributed by atoms with Gasteiger partial charge in [0.1, 0.15) is 0 Å². The van der Waals surface area contributed by atoms with Gasteiger partial charge >= 0.3 is 0 Å². The number of phenols is 2. The van der Waals surface area contributed by atoms with Crippen LogP contribution in [0.25, 0.3) is 0 Å². The van der Waals surface area contributed by atoms with Gasteiger partial charge in [0.15, 0.2) is 11.5 Å². The van der Waals surface area contributed by atoms with Crippen molar-refractivity contribution < 1.29 is 20.1 Å². The molecular formula is C10H15NO4. The van der Waals surface area contributed by atoms with Gasteiger partial charge in [-0.05, 0) is 30.7 Å². The molecular weight excluding hydrogens is 198 g/mol. The highest BCUT2D eigenvalue weighted by atomic mass is 16.5. The van der Waals surface area contributed by atoms with Crippen molar-refractivity contribution in [1.29, 1.82) is 0 Å². The number of ether oxygens (including phenoxy) is 1. The fourth-order valence-electron chi connectivity index (χ4n) is 1.29. The average molecular weight is 213 g/mol. The van der Waals surface area contributed by atoms with Crippen LogP contribution in [0.3, 0.4) is 0 Å². The third-order valence-electron chi connectivity index (χ3n) is 2.12. The molecule has 0 aliphatic carbocycles. The molecule has 0 radical (unpaired) electrons. The molecule has 1 rings (SSSR count). The summed E-state index contributed by atoms with van der Waals surface area (Å²) < 4.78 is 4.84. The molecule has 5 nitrogen and oxygen atoms in total. The number of aliphatic hydroxyl groups excluding tert-OH is 1. The molecule has 0 saturated carbocycles. The Bertz CT molecular complexity index is 340. The number of aliphatic hydroxyl groups is 1. The van der Waals surface area contributed by atoms with Gasteiger partial charge in [-0.3, -0.25) is 0 Å². The zero-order chi connectivity index (χ0) is 11.4. The molecule has 0 bridgehead atoms. The smallest absolute Gasteiger partial charge is 0.200 e. The molecule has 1 unspecified atom stereocenters. The van der Waals surface area contributed by atoms with Crippen LogP contribution >= 0.6 is 0 Å². The first-order valence-electron chi connectivity index (χ1n) is 4.58. The van der Waals surface area contributed by atoms with Gasteiger partial charge < -0.3 is 25.8 Å². The van der Waals surface area contributed by atoms with Crippen molar-refractivity contribution in [2.45, 2.75) is 12.5 Å². The third-order valence-corrected chi connectivity index (χ3v) is 2.12. The summed E-state index contributed by atoms with van der Waals surface area (Å²) in [5.41, 5.74) is 5.77. The Morgan fingerprint density at radius 2 is 2.07 bits per heavy atom. The lowest BCUT2D eigenvalue weighted by Gasteiger charge is -2.13. The number of aromatic hydroxyl groups is 2. The Balaban J connectivity index is 3.05. The SMILES string of the molecule is COc1cc(C(O)CCN)cc(O)c1O. The van der Waals surface area contributed by atoms with E-state index < -0.39 is 6.10 Å². The summed E-state index contributed by atoms with van der Waals surface area (Å²) in [6, 6.07) is 2.76. The molecule has 5 heteroatoms. The predicted octanol–water partition coefficient (Wildman–Crippen LogP) is 0.489. The van der Waals surface area contributed by atoms with Gasteiger partial charge in [0, 0.05) is 0 Å². The lowest BCUT2D eigenvalue weighted by molar-refractivity contribution is 0.169. The monoisotopic (exact) mass is 213 g/mol. The average Bonchev–Trinajstić information content (AvgIpc) is 2.22. The van der Waals surface area contributed by atoms with Crippen molar-refractivity contribution in [2.75, 3.05) is 13.7 Å². The molecule has 0 spiro atoms. The highest BCUT2D eigenvalue weighted by Crippen LogP contribution is 2.38. The molecule has 1 aromatic rings. The summed E-state index contributed by atoms with van der Waals surface area (Å²) in [5, 5.41) is 28.3. The molecule has 0 heterocycles. The van der Waals surface area contributed by atoms with E-state index in [1.54, 1.807) is 0 Å². The molecule has 0 fully saturated rings. The number of hydrogen-bond acceptors (Lipinski definition) is 5. The molecule has 0 amide bonds. The van der Waals surface area contributed by atoms with E-state index in [9.17, 15) is 15.3 Å². The van der Waals surface area contributed by atoms with E-state index in [0.717, 1.165) is 0 Å². The zero-order valence-electron chi connectivity index (χ0n) is 8.47. The van der Waals surface area contributed by atoms with Gasteiger partial charge in [0.05, 0.1) is 13.2 Å². The van der Waals surface area contributed by atoms with E-state index in [1.807, 2.05) is 0 Å². The summed E-state index contributed by atoms with van der Waals surface area (Å²) in [6.45, 7) is 0.338. The van der Waals surface area contributed by atoms with E-state index in [0.29, 0.717) is 18.5 Å². The van der Waals surface area contributed by atoms with Crippen LogP contribution < -0.4 is 10.5 Å². The van der Waals surface area contributed by atoms with Crippen molar-refractivity contribution in [3.8, 4) is 17.2 Å². The largest absolute Gasteiger partial charge is 0.504 e.